The molecule has 1 aromatic carbocycles. The zero-order valence-corrected chi connectivity index (χ0v) is 13.7. The third-order valence-electron chi connectivity index (χ3n) is 3.55. The number of hydrogen-bond donors (Lipinski definition) is 1. The van der Waals surface area contributed by atoms with E-state index in [1.54, 1.807) is 14.2 Å². The largest absolute Gasteiger partial charge is 0.497 e. The van der Waals surface area contributed by atoms with E-state index in [4.69, 9.17) is 9.47 Å². The van der Waals surface area contributed by atoms with E-state index in [0.29, 0.717) is 6.04 Å². The number of aryl methyl sites for hydroxylation is 1. The molecule has 0 aromatic heterocycles. The molecular formula is C17H29NO2. The predicted molar refractivity (Wildman–Crippen MR) is 84.8 cm³/mol. The maximum absolute atomic E-state index is 5.44. The molecule has 114 valence electrons. The van der Waals surface area contributed by atoms with Crippen LogP contribution in [-0.4, -0.2) is 26.8 Å². The lowest BCUT2D eigenvalue weighted by Crippen LogP contribution is -2.34. The fraction of sp³-hybridized carbons (Fsp3) is 0.647. The molecule has 0 amide bonds. The quantitative estimate of drug-likeness (QED) is 0.787. The van der Waals surface area contributed by atoms with E-state index >= 15 is 0 Å². The summed E-state index contributed by atoms with van der Waals surface area (Å²) >= 11 is 0. The number of benzene rings is 1. The van der Waals surface area contributed by atoms with Crippen molar-refractivity contribution in [2.75, 3.05) is 20.8 Å². The van der Waals surface area contributed by atoms with Gasteiger partial charge in [0.1, 0.15) is 11.5 Å². The minimum absolute atomic E-state index is 0.262. The van der Waals surface area contributed by atoms with Gasteiger partial charge in [-0.3, -0.25) is 0 Å². The standard InChI is InChI=1S/C17H29NO2/c1-13(2)18-12-17(3,4)10-9-14-11-15(19-5)7-8-16(14)20-6/h7-8,11,13,18H,9-10,12H2,1-6H3. The minimum atomic E-state index is 0.262. The van der Waals surface area contributed by atoms with Gasteiger partial charge in [-0.2, -0.15) is 0 Å². The summed E-state index contributed by atoms with van der Waals surface area (Å²) in [6, 6.07) is 6.52. The van der Waals surface area contributed by atoms with Gasteiger partial charge in [0.15, 0.2) is 0 Å². The summed E-state index contributed by atoms with van der Waals surface area (Å²) in [6.07, 6.45) is 2.10. The van der Waals surface area contributed by atoms with Crippen LogP contribution in [0, 0.1) is 5.41 Å². The lowest BCUT2D eigenvalue weighted by atomic mass is 9.86. The number of nitrogens with one attached hydrogen (secondary N) is 1. The van der Waals surface area contributed by atoms with Crippen molar-refractivity contribution in [1.29, 1.82) is 0 Å². The second-order valence-electron chi connectivity index (χ2n) is 6.38. The van der Waals surface area contributed by atoms with Gasteiger partial charge < -0.3 is 14.8 Å². The SMILES string of the molecule is COc1ccc(OC)c(CCC(C)(C)CNC(C)C)c1. The second kappa shape index (κ2) is 7.53. The Morgan fingerprint density at radius 3 is 2.40 bits per heavy atom. The summed E-state index contributed by atoms with van der Waals surface area (Å²) in [5.41, 5.74) is 1.47. The van der Waals surface area contributed by atoms with Crippen molar-refractivity contribution in [2.24, 2.45) is 5.41 Å². The molecule has 0 unspecified atom stereocenters. The van der Waals surface area contributed by atoms with Crippen LogP contribution in [0.2, 0.25) is 0 Å². The molecule has 0 atom stereocenters. The van der Waals surface area contributed by atoms with E-state index < -0.39 is 0 Å². The Hall–Kier alpha value is -1.22. The Morgan fingerprint density at radius 1 is 1.15 bits per heavy atom. The maximum atomic E-state index is 5.44. The Morgan fingerprint density at radius 2 is 1.85 bits per heavy atom. The van der Waals surface area contributed by atoms with Gasteiger partial charge in [-0.25, -0.2) is 0 Å². The van der Waals surface area contributed by atoms with Crippen LogP contribution in [0.25, 0.3) is 0 Å². The predicted octanol–water partition coefficient (Wildman–Crippen LogP) is 3.66. The van der Waals surface area contributed by atoms with Crippen molar-refractivity contribution in [3.63, 3.8) is 0 Å². The molecule has 1 aromatic rings. The van der Waals surface area contributed by atoms with Crippen molar-refractivity contribution in [3.8, 4) is 11.5 Å². The summed E-state index contributed by atoms with van der Waals surface area (Å²) in [7, 11) is 3.42. The molecule has 1 rings (SSSR count). The van der Waals surface area contributed by atoms with Crippen LogP contribution >= 0.6 is 0 Å². The minimum Gasteiger partial charge on any atom is -0.497 e. The Balaban J connectivity index is 2.68. The van der Waals surface area contributed by atoms with E-state index in [9.17, 15) is 0 Å². The van der Waals surface area contributed by atoms with Crippen molar-refractivity contribution in [3.05, 3.63) is 23.8 Å². The number of rotatable bonds is 8. The lowest BCUT2D eigenvalue weighted by Gasteiger charge is -2.26. The highest BCUT2D eigenvalue weighted by Gasteiger charge is 2.19. The van der Waals surface area contributed by atoms with Crippen LogP contribution in [0.15, 0.2) is 18.2 Å². The molecule has 0 fully saturated rings. The summed E-state index contributed by atoms with van der Waals surface area (Å²) < 4.78 is 10.7. The first-order chi connectivity index (χ1) is 9.38. The molecular weight excluding hydrogens is 250 g/mol. The van der Waals surface area contributed by atoms with Gasteiger partial charge in [0.25, 0.3) is 0 Å². The number of hydrogen-bond acceptors (Lipinski definition) is 3. The van der Waals surface area contributed by atoms with Crippen LogP contribution in [0.1, 0.15) is 39.7 Å². The molecule has 3 heteroatoms. The van der Waals surface area contributed by atoms with Crippen LogP contribution < -0.4 is 14.8 Å². The molecule has 0 spiro atoms. The first kappa shape index (κ1) is 16.8. The maximum Gasteiger partial charge on any atom is 0.122 e. The van der Waals surface area contributed by atoms with Crippen molar-refractivity contribution >= 4 is 0 Å². The normalized spacial score (nSPS) is 11.8. The lowest BCUT2D eigenvalue weighted by molar-refractivity contribution is 0.302. The van der Waals surface area contributed by atoms with E-state index in [0.717, 1.165) is 30.9 Å². The van der Waals surface area contributed by atoms with Crippen LogP contribution in [0.4, 0.5) is 0 Å². The van der Waals surface area contributed by atoms with E-state index in [1.165, 1.54) is 5.56 Å². The van der Waals surface area contributed by atoms with Crippen molar-refractivity contribution < 1.29 is 9.47 Å². The van der Waals surface area contributed by atoms with E-state index in [1.807, 2.05) is 12.1 Å². The molecule has 1 N–H and O–H groups in total. The molecule has 0 heterocycles. The Labute approximate surface area is 123 Å². The molecule has 0 bridgehead atoms. The summed E-state index contributed by atoms with van der Waals surface area (Å²) in [4.78, 5) is 0. The third-order valence-corrected chi connectivity index (χ3v) is 3.55. The molecule has 20 heavy (non-hydrogen) atoms. The molecule has 3 nitrogen and oxygen atoms in total. The molecule has 0 radical (unpaired) electrons. The third kappa shape index (κ3) is 5.41. The smallest absolute Gasteiger partial charge is 0.122 e. The van der Waals surface area contributed by atoms with Gasteiger partial charge in [-0.05, 0) is 42.0 Å². The summed E-state index contributed by atoms with van der Waals surface area (Å²) in [5, 5.41) is 3.52. The van der Waals surface area contributed by atoms with Crippen molar-refractivity contribution in [1.82, 2.24) is 5.32 Å². The number of methoxy groups -OCH3 is 2. The van der Waals surface area contributed by atoms with Gasteiger partial charge in [0, 0.05) is 12.6 Å². The first-order valence-corrected chi connectivity index (χ1v) is 7.32. The van der Waals surface area contributed by atoms with Gasteiger partial charge in [-0.1, -0.05) is 27.7 Å². The van der Waals surface area contributed by atoms with E-state index in [-0.39, 0.29) is 5.41 Å². The average molecular weight is 279 g/mol. The molecule has 0 aliphatic carbocycles. The van der Waals surface area contributed by atoms with Crippen LogP contribution in [0.3, 0.4) is 0 Å². The fourth-order valence-electron chi connectivity index (χ4n) is 2.12. The summed E-state index contributed by atoms with van der Waals surface area (Å²) in [5.74, 6) is 1.83. The van der Waals surface area contributed by atoms with Crippen LogP contribution in [0.5, 0.6) is 11.5 Å². The summed E-state index contributed by atoms with van der Waals surface area (Å²) in [6.45, 7) is 9.99. The monoisotopic (exact) mass is 279 g/mol. The van der Waals surface area contributed by atoms with Crippen LogP contribution in [-0.2, 0) is 6.42 Å². The van der Waals surface area contributed by atoms with Gasteiger partial charge >= 0.3 is 0 Å². The molecule has 0 aliphatic rings. The van der Waals surface area contributed by atoms with E-state index in [2.05, 4.69) is 39.1 Å². The van der Waals surface area contributed by atoms with Crippen molar-refractivity contribution in [2.45, 2.75) is 46.6 Å². The Kier molecular flexibility index (Phi) is 6.34. The van der Waals surface area contributed by atoms with Gasteiger partial charge in [0.2, 0.25) is 0 Å². The average Bonchev–Trinajstić information content (AvgIpc) is 2.43. The van der Waals surface area contributed by atoms with Gasteiger partial charge in [-0.15, -0.1) is 0 Å². The Bertz CT molecular complexity index is 413. The highest BCUT2D eigenvalue weighted by atomic mass is 16.5. The number of ether oxygens (including phenoxy) is 2. The van der Waals surface area contributed by atoms with Gasteiger partial charge in [0.05, 0.1) is 14.2 Å². The fourth-order valence-corrected chi connectivity index (χ4v) is 2.12. The highest BCUT2D eigenvalue weighted by Crippen LogP contribution is 2.29. The first-order valence-electron chi connectivity index (χ1n) is 7.32. The molecule has 0 aliphatic heterocycles. The zero-order chi connectivity index (χ0) is 15.2. The highest BCUT2D eigenvalue weighted by molar-refractivity contribution is 5.40. The topological polar surface area (TPSA) is 30.5 Å². The zero-order valence-electron chi connectivity index (χ0n) is 13.7. The molecule has 0 saturated heterocycles. The molecule has 0 saturated carbocycles. The second-order valence-corrected chi connectivity index (χ2v) is 6.38.